The molecule has 0 spiro atoms. The van der Waals surface area contributed by atoms with E-state index < -0.39 is 0 Å². The lowest BCUT2D eigenvalue weighted by atomic mass is 10.2. The Morgan fingerprint density at radius 3 is 2.34 bits per heavy atom. The molecule has 3 heterocycles. The van der Waals surface area contributed by atoms with Crippen LogP contribution in [0.3, 0.4) is 0 Å². The van der Waals surface area contributed by atoms with Gasteiger partial charge in [0.2, 0.25) is 0 Å². The minimum atomic E-state index is 0.855. The molecule has 0 amide bonds. The lowest BCUT2D eigenvalue weighted by molar-refractivity contribution is 1.07. The number of para-hydroxylation sites is 1. The van der Waals surface area contributed by atoms with Gasteiger partial charge in [-0.15, -0.1) is 11.3 Å². The third-order valence-electron chi connectivity index (χ3n) is 4.62. The van der Waals surface area contributed by atoms with E-state index in [-0.39, 0.29) is 0 Å². The summed E-state index contributed by atoms with van der Waals surface area (Å²) in [5.74, 6) is 0.855. The number of rotatable bonds is 5. The first-order valence-corrected chi connectivity index (χ1v) is 10.2. The topological polar surface area (TPSA) is 34.0 Å². The van der Waals surface area contributed by atoms with Crippen LogP contribution < -0.4 is 4.90 Å². The maximum absolute atomic E-state index is 4.93. The number of thiazole rings is 1. The molecule has 0 saturated carbocycles. The summed E-state index contributed by atoms with van der Waals surface area (Å²) in [4.78, 5) is 11.5. The van der Waals surface area contributed by atoms with Gasteiger partial charge in [-0.25, -0.2) is 9.97 Å². The van der Waals surface area contributed by atoms with E-state index in [1.165, 1.54) is 0 Å². The van der Waals surface area contributed by atoms with Gasteiger partial charge in [0.1, 0.15) is 16.5 Å². The predicted octanol–water partition coefficient (Wildman–Crippen LogP) is 6.47. The van der Waals surface area contributed by atoms with E-state index in [1.807, 2.05) is 72.5 Å². The minimum Gasteiger partial charge on any atom is -0.324 e. The van der Waals surface area contributed by atoms with E-state index in [2.05, 4.69) is 50.8 Å². The Morgan fingerprint density at radius 1 is 0.759 bits per heavy atom. The second-order valence-electron chi connectivity index (χ2n) is 6.50. The second-order valence-corrected chi connectivity index (χ2v) is 7.39. The van der Waals surface area contributed by atoms with E-state index in [0.29, 0.717) is 0 Å². The highest BCUT2D eigenvalue weighted by molar-refractivity contribution is 7.13. The molecule has 140 valence electrons. The van der Waals surface area contributed by atoms with Crippen LogP contribution in [0.1, 0.15) is 0 Å². The average molecular weight is 395 g/mol. The van der Waals surface area contributed by atoms with Gasteiger partial charge in [-0.3, -0.25) is 4.90 Å². The molecule has 2 aromatic carbocycles. The van der Waals surface area contributed by atoms with Crippen molar-refractivity contribution in [3.05, 3.63) is 109 Å². The van der Waals surface area contributed by atoms with Crippen molar-refractivity contribution in [2.45, 2.75) is 0 Å². The molecule has 0 bridgehead atoms. The fourth-order valence-corrected chi connectivity index (χ4v) is 3.91. The first-order chi connectivity index (χ1) is 14.4. The minimum absolute atomic E-state index is 0.855. The van der Waals surface area contributed by atoms with Crippen LogP contribution in [0.25, 0.3) is 16.4 Å². The van der Waals surface area contributed by atoms with Crippen molar-refractivity contribution >= 4 is 28.5 Å². The fourth-order valence-electron chi connectivity index (χ4n) is 3.31. The van der Waals surface area contributed by atoms with E-state index in [4.69, 9.17) is 4.98 Å². The van der Waals surface area contributed by atoms with Crippen LogP contribution in [-0.4, -0.2) is 14.5 Å². The van der Waals surface area contributed by atoms with Crippen molar-refractivity contribution in [2.24, 2.45) is 0 Å². The Morgan fingerprint density at radius 2 is 1.55 bits per heavy atom. The van der Waals surface area contributed by atoms with Crippen LogP contribution in [0.5, 0.6) is 0 Å². The Kier molecular flexibility index (Phi) is 4.64. The Labute approximate surface area is 173 Å². The summed E-state index contributed by atoms with van der Waals surface area (Å²) in [5, 5.41) is 2.89. The number of nitrogens with zero attached hydrogens (tertiary/aromatic N) is 4. The molecule has 5 rings (SSSR count). The van der Waals surface area contributed by atoms with Crippen LogP contribution in [-0.2, 0) is 0 Å². The maximum Gasteiger partial charge on any atom is 0.141 e. The summed E-state index contributed by atoms with van der Waals surface area (Å²) < 4.78 is 2.10. The summed E-state index contributed by atoms with van der Waals surface area (Å²) >= 11 is 1.59. The van der Waals surface area contributed by atoms with Gasteiger partial charge in [0.05, 0.1) is 0 Å². The molecule has 0 unspecified atom stereocenters. The third-order valence-corrected chi connectivity index (χ3v) is 5.42. The van der Waals surface area contributed by atoms with Gasteiger partial charge in [-0.05, 0) is 54.6 Å². The molecule has 0 aliphatic heterocycles. The van der Waals surface area contributed by atoms with E-state index in [9.17, 15) is 0 Å². The van der Waals surface area contributed by atoms with E-state index >= 15 is 0 Å². The number of hydrogen-bond acceptors (Lipinski definition) is 4. The molecule has 3 aromatic heterocycles. The van der Waals surface area contributed by atoms with Gasteiger partial charge in [-0.2, -0.15) is 0 Å². The van der Waals surface area contributed by atoms with Crippen LogP contribution in [0.4, 0.5) is 17.2 Å². The molecule has 29 heavy (non-hydrogen) atoms. The normalized spacial score (nSPS) is 10.8. The van der Waals surface area contributed by atoms with Crippen LogP contribution in [0.2, 0.25) is 0 Å². The molecule has 0 aliphatic rings. The van der Waals surface area contributed by atoms with Crippen molar-refractivity contribution in [3.63, 3.8) is 0 Å². The first kappa shape index (κ1) is 17.4. The molecule has 5 heteroatoms. The number of hydrogen-bond donors (Lipinski definition) is 0. The highest BCUT2D eigenvalue weighted by Crippen LogP contribution is 2.35. The summed E-state index contributed by atoms with van der Waals surface area (Å²) in [6.45, 7) is 0. The highest BCUT2D eigenvalue weighted by Gasteiger charge is 2.15. The molecule has 5 aromatic rings. The largest absolute Gasteiger partial charge is 0.324 e. The zero-order valence-electron chi connectivity index (χ0n) is 15.6. The summed E-state index contributed by atoms with van der Waals surface area (Å²) in [6.07, 6.45) is 5.91. The van der Waals surface area contributed by atoms with Gasteiger partial charge in [0, 0.05) is 41.0 Å². The van der Waals surface area contributed by atoms with E-state index in [1.54, 1.807) is 11.3 Å². The lowest BCUT2D eigenvalue weighted by Crippen LogP contribution is -2.12. The number of pyridine rings is 1. The first-order valence-electron chi connectivity index (χ1n) is 9.34. The highest BCUT2D eigenvalue weighted by atomic mass is 32.1. The smallest absolute Gasteiger partial charge is 0.141 e. The monoisotopic (exact) mass is 394 g/mol. The molecule has 0 saturated heterocycles. The van der Waals surface area contributed by atoms with Gasteiger partial charge >= 0.3 is 0 Å². The molecule has 4 nitrogen and oxygen atoms in total. The van der Waals surface area contributed by atoms with Crippen molar-refractivity contribution in [3.8, 4) is 16.4 Å². The number of anilines is 3. The van der Waals surface area contributed by atoms with Gasteiger partial charge in [-0.1, -0.05) is 30.3 Å². The number of aromatic nitrogens is 3. The van der Waals surface area contributed by atoms with Crippen molar-refractivity contribution in [2.75, 3.05) is 4.90 Å². The quantitative estimate of drug-likeness (QED) is 0.343. The molecule has 0 aliphatic carbocycles. The molecule has 0 radical (unpaired) electrons. The molecule has 0 fully saturated rings. The van der Waals surface area contributed by atoms with Crippen LogP contribution in [0, 0.1) is 0 Å². The molecular formula is C24H18N4S. The standard InChI is InChI=1S/C24H18N4S/c1-2-8-19(9-3-1)28(21-11-6-10-20(18-21)27-15-4-5-16-27)23-13-7-12-22(26-23)24-25-14-17-29-24/h1-18H. The SMILES string of the molecule is c1ccc(N(c2cccc(-n3cccc3)c2)c2cccc(-c3nccs3)n2)cc1. The zero-order valence-corrected chi connectivity index (χ0v) is 16.4. The predicted molar refractivity (Wildman–Crippen MR) is 119 cm³/mol. The second kappa shape index (κ2) is 7.73. The average Bonchev–Trinajstić information content (AvgIpc) is 3.50. The molecule has 0 atom stereocenters. The lowest BCUT2D eigenvalue weighted by Gasteiger charge is -2.25. The van der Waals surface area contributed by atoms with Crippen LogP contribution >= 0.6 is 11.3 Å². The summed E-state index contributed by atoms with van der Waals surface area (Å²) in [5.41, 5.74) is 4.08. The third kappa shape index (κ3) is 3.56. The van der Waals surface area contributed by atoms with Crippen molar-refractivity contribution in [1.29, 1.82) is 0 Å². The fraction of sp³-hybridized carbons (Fsp3) is 0. The Hall–Kier alpha value is -3.70. The maximum atomic E-state index is 4.93. The van der Waals surface area contributed by atoms with Gasteiger partial charge in [0.15, 0.2) is 0 Å². The molecular weight excluding hydrogens is 376 g/mol. The van der Waals surface area contributed by atoms with Crippen molar-refractivity contribution < 1.29 is 0 Å². The zero-order chi connectivity index (χ0) is 19.5. The van der Waals surface area contributed by atoms with Gasteiger partial charge < -0.3 is 4.57 Å². The number of benzene rings is 2. The summed E-state index contributed by atoms with van der Waals surface area (Å²) in [6, 6.07) is 28.9. The van der Waals surface area contributed by atoms with Gasteiger partial charge in [0.25, 0.3) is 0 Å². The molecule has 0 N–H and O–H groups in total. The van der Waals surface area contributed by atoms with E-state index in [0.717, 1.165) is 33.6 Å². The Bertz CT molecular complexity index is 1120. The van der Waals surface area contributed by atoms with Crippen LogP contribution in [0.15, 0.2) is 109 Å². The summed E-state index contributed by atoms with van der Waals surface area (Å²) in [7, 11) is 0. The Balaban J connectivity index is 1.64. The van der Waals surface area contributed by atoms with Crippen molar-refractivity contribution in [1.82, 2.24) is 14.5 Å².